The lowest BCUT2D eigenvalue weighted by atomic mass is 9.92. The van der Waals surface area contributed by atoms with Gasteiger partial charge in [0.2, 0.25) is 5.91 Å². The van der Waals surface area contributed by atoms with E-state index in [4.69, 9.17) is 4.74 Å². The Hall–Kier alpha value is -2.25. The number of halogens is 1. The summed E-state index contributed by atoms with van der Waals surface area (Å²) in [7, 11) is 0. The van der Waals surface area contributed by atoms with Gasteiger partial charge >= 0.3 is 0 Å². The minimum atomic E-state index is -0.981. The van der Waals surface area contributed by atoms with Crippen LogP contribution in [0.5, 0.6) is 0 Å². The van der Waals surface area contributed by atoms with Crippen LogP contribution in [0.1, 0.15) is 5.56 Å². The van der Waals surface area contributed by atoms with Crippen LogP contribution in [0.3, 0.4) is 0 Å². The molecule has 1 amide bonds. The number of rotatable bonds is 5. The van der Waals surface area contributed by atoms with Crippen LogP contribution >= 0.6 is 0 Å². The van der Waals surface area contributed by atoms with Gasteiger partial charge in [-0.2, -0.15) is 0 Å². The topological polar surface area (TPSA) is 67.6 Å². The van der Waals surface area contributed by atoms with E-state index in [1.54, 1.807) is 46.4 Å². The summed E-state index contributed by atoms with van der Waals surface area (Å²) in [5.41, 5.74) is -0.513. The number of benzene rings is 1. The second-order valence-electron chi connectivity index (χ2n) is 6.01. The number of aliphatic hydroxyl groups excluding tert-OH is 1. The first kappa shape index (κ1) is 16.6. The number of hydrogen-bond acceptors (Lipinski definition) is 4. The summed E-state index contributed by atoms with van der Waals surface area (Å²) in [6, 6.07) is 6.41. The Kier molecular flexibility index (Phi) is 4.92. The van der Waals surface area contributed by atoms with Crippen LogP contribution in [-0.4, -0.2) is 57.4 Å². The molecule has 128 valence electrons. The van der Waals surface area contributed by atoms with Gasteiger partial charge in [0.1, 0.15) is 18.0 Å². The molecule has 1 aromatic heterocycles. The van der Waals surface area contributed by atoms with Crippen molar-refractivity contribution in [3.63, 3.8) is 0 Å². The van der Waals surface area contributed by atoms with Crippen LogP contribution in [0.2, 0.25) is 0 Å². The van der Waals surface area contributed by atoms with Crippen molar-refractivity contribution in [2.24, 2.45) is 0 Å². The summed E-state index contributed by atoms with van der Waals surface area (Å²) in [5.74, 6) is -0.418. The molecule has 6 nitrogen and oxygen atoms in total. The maximum atomic E-state index is 13.9. The van der Waals surface area contributed by atoms with Gasteiger partial charge in [-0.05, 0) is 11.6 Å². The van der Waals surface area contributed by atoms with Gasteiger partial charge in [-0.25, -0.2) is 9.37 Å². The van der Waals surface area contributed by atoms with Gasteiger partial charge < -0.3 is 19.3 Å². The summed E-state index contributed by atoms with van der Waals surface area (Å²) in [5, 5.41) is 9.85. The molecule has 7 heteroatoms. The first-order valence-corrected chi connectivity index (χ1v) is 7.84. The molecule has 1 N–H and O–H groups in total. The number of imidazole rings is 1. The van der Waals surface area contributed by atoms with Gasteiger partial charge in [0.25, 0.3) is 0 Å². The lowest BCUT2D eigenvalue weighted by molar-refractivity contribution is -0.158. The van der Waals surface area contributed by atoms with E-state index in [1.807, 2.05) is 0 Å². The van der Waals surface area contributed by atoms with Crippen LogP contribution in [0, 0.1) is 5.82 Å². The lowest BCUT2D eigenvalue weighted by Crippen LogP contribution is -2.57. The zero-order chi connectivity index (χ0) is 17.0. The molecule has 0 saturated carbocycles. The highest BCUT2D eigenvalue weighted by atomic mass is 19.1. The molecule has 3 rings (SSSR count). The third-order valence-electron chi connectivity index (χ3n) is 4.24. The molecule has 1 aliphatic rings. The van der Waals surface area contributed by atoms with E-state index in [1.165, 1.54) is 6.07 Å². The zero-order valence-electron chi connectivity index (χ0n) is 13.3. The lowest BCUT2D eigenvalue weighted by Gasteiger charge is -2.42. The molecule has 0 aliphatic carbocycles. The second-order valence-corrected chi connectivity index (χ2v) is 6.01. The van der Waals surface area contributed by atoms with Gasteiger partial charge in [-0.1, -0.05) is 18.2 Å². The number of amides is 1. The van der Waals surface area contributed by atoms with Crippen molar-refractivity contribution in [2.45, 2.75) is 18.6 Å². The van der Waals surface area contributed by atoms with Crippen molar-refractivity contribution >= 4 is 5.91 Å². The van der Waals surface area contributed by atoms with Gasteiger partial charge in [0.05, 0.1) is 26.1 Å². The molecule has 0 unspecified atom stereocenters. The highest BCUT2D eigenvalue weighted by Crippen LogP contribution is 2.24. The van der Waals surface area contributed by atoms with Crippen LogP contribution in [0.25, 0.3) is 0 Å². The van der Waals surface area contributed by atoms with Crippen molar-refractivity contribution < 1.29 is 19.0 Å². The summed E-state index contributed by atoms with van der Waals surface area (Å²) < 4.78 is 21.4. The quantitative estimate of drug-likeness (QED) is 0.881. The van der Waals surface area contributed by atoms with Crippen LogP contribution in [-0.2, 0) is 22.5 Å². The Labute approximate surface area is 139 Å². The van der Waals surface area contributed by atoms with E-state index in [-0.39, 0.29) is 37.8 Å². The SMILES string of the molecule is O=C(Cn1ccnc1)N1CCO[C@](CO)(Cc2ccccc2F)C1. The number of ether oxygens (including phenoxy) is 1. The van der Waals surface area contributed by atoms with E-state index in [9.17, 15) is 14.3 Å². The normalized spacial score (nSPS) is 21.0. The fraction of sp³-hybridized carbons (Fsp3) is 0.412. The molecule has 0 bridgehead atoms. The van der Waals surface area contributed by atoms with E-state index in [2.05, 4.69) is 4.98 Å². The Balaban J connectivity index is 1.72. The maximum Gasteiger partial charge on any atom is 0.242 e. The predicted molar refractivity (Wildman–Crippen MR) is 84.7 cm³/mol. The van der Waals surface area contributed by atoms with Gasteiger partial charge in [0.15, 0.2) is 0 Å². The van der Waals surface area contributed by atoms with Gasteiger partial charge in [-0.15, -0.1) is 0 Å². The standard InChI is InChI=1S/C17H20FN3O3/c18-15-4-2-1-3-14(15)9-17(12-22)11-21(7-8-24-17)16(23)10-20-6-5-19-13-20/h1-6,13,22H,7-12H2/t17-/m1/s1. The third kappa shape index (κ3) is 3.63. The van der Waals surface area contributed by atoms with Crippen molar-refractivity contribution in [3.05, 3.63) is 54.4 Å². The van der Waals surface area contributed by atoms with Gasteiger partial charge in [0, 0.05) is 25.4 Å². The molecular weight excluding hydrogens is 313 g/mol. The van der Waals surface area contributed by atoms with E-state index in [0.717, 1.165) is 0 Å². The van der Waals surface area contributed by atoms with E-state index < -0.39 is 5.60 Å². The second kappa shape index (κ2) is 7.11. The number of aromatic nitrogens is 2. The van der Waals surface area contributed by atoms with Crippen molar-refractivity contribution in [2.75, 3.05) is 26.3 Å². The number of nitrogens with zero attached hydrogens (tertiary/aromatic N) is 3. The monoisotopic (exact) mass is 333 g/mol. The van der Waals surface area contributed by atoms with Crippen molar-refractivity contribution in [3.8, 4) is 0 Å². The predicted octanol–water partition coefficient (Wildman–Crippen LogP) is 0.855. The Morgan fingerprint density at radius 1 is 1.42 bits per heavy atom. The van der Waals surface area contributed by atoms with Gasteiger partial charge in [-0.3, -0.25) is 4.79 Å². The van der Waals surface area contributed by atoms with E-state index >= 15 is 0 Å². The fourth-order valence-electron chi connectivity index (χ4n) is 2.94. The molecule has 1 atom stereocenters. The summed E-state index contributed by atoms with van der Waals surface area (Å²) >= 11 is 0. The molecule has 0 radical (unpaired) electrons. The number of carbonyl (C=O) groups excluding carboxylic acids is 1. The minimum absolute atomic E-state index is 0.0809. The first-order chi connectivity index (χ1) is 11.6. The Morgan fingerprint density at radius 3 is 2.96 bits per heavy atom. The average Bonchev–Trinajstić information content (AvgIpc) is 3.10. The number of morpholine rings is 1. The number of carbonyl (C=O) groups is 1. The van der Waals surface area contributed by atoms with E-state index in [0.29, 0.717) is 18.7 Å². The average molecular weight is 333 g/mol. The van der Waals surface area contributed by atoms with Crippen LogP contribution in [0.4, 0.5) is 4.39 Å². The minimum Gasteiger partial charge on any atom is -0.393 e. The van der Waals surface area contributed by atoms with Crippen LogP contribution < -0.4 is 0 Å². The highest BCUT2D eigenvalue weighted by Gasteiger charge is 2.38. The highest BCUT2D eigenvalue weighted by molar-refractivity contribution is 5.76. The molecule has 1 fully saturated rings. The van der Waals surface area contributed by atoms with Crippen molar-refractivity contribution in [1.29, 1.82) is 0 Å². The number of hydrogen-bond donors (Lipinski definition) is 1. The molecule has 2 heterocycles. The molecule has 0 spiro atoms. The molecule has 1 saturated heterocycles. The zero-order valence-corrected chi connectivity index (χ0v) is 13.3. The van der Waals surface area contributed by atoms with Crippen molar-refractivity contribution in [1.82, 2.24) is 14.5 Å². The molecule has 1 aliphatic heterocycles. The fourth-order valence-corrected chi connectivity index (χ4v) is 2.94. The third-order valence-corrected chi connectivity index (χ3v) is 4.24. The summed E-state index contributed by atoms with van der Waals surface area (Å²) in [6.45, 7) is 0.889. The summed E-state index contributed by atoms with van der Waals surface area (Å²) in [6.07, 6.45) is 5.13. The molecule has 24 heavy (non-hydrogen) atoms. The first-order valence-electron chi connectivity index (χ1n) is 7.84. The smallest absolute Gasteiger partial charge is 0.242 e. The van der Waals surface area contributed by atoms with Crippen LogP contribution in [0.15, 0.2) is 43.0 Å². The number of aliphatic hydroxyl groups is 1. The molecule has 2 aromatic rings. The summed E-state index contributed by atoms with van der Waals surface area (Å²) in [4.78, 5) is 18.0. The maximum absolute atomic E-state index is 13.9. The Morgan fingerprint density at radius 2 is 2.25 bits per heavy atom. The Bertz CT molecular complexity index is 692. The largest absolute Gasteiger partial charge is 0.393 e. The molecule has 1 aromatic carbocycles. The molecular formula is C17H20FN3O3.